The number of fused-ring (bicyclic) bond motifs is 1. The van der Waals surface area contributed by atoms with Crippen LogP contribution in [-0.2, 0) is 9.53 Å². The smallest absolute Gasteiger partial charge is 0.334 e. The first-order valence-corrected chi connectivity index (χ1v) is 9.65. The molecule has 0 radical (unpaired) electrons. The number of carbonyl (C=O) groups is 1. The highest BCUT2D eigenvalue weighted by atomic mass is 16.7. The molecule has 2 aliphatic heterocycles. The van der Waals surface area contributed by atoms with Gasteiger partial charge in [0.15, 0.2) is 23.0 Å². The van der Waals surface area contributed by atoms with Gasteiger partial charge in [0.2, 0.25) is 18.3 Å². The average molecular weight is 428 g/mol. The zero-order valence-electron chi connectivity index (χ0n) is 18.1. The summed E-state index contributed by atoms with van der Waals surface area (Å²) in [6, 6.07) is 5.43. The van der Waals surface area contributed by atoms with Crippen molar-refractivity contribution in [3.05, 3.63) is 35.9 Å². The van der Waals surface area contributed by atoms with Crippen molar-refractivity contribution < 1.29 is 38.0 Å². The maximum atomic E-state index is 12.2. The lowest BCUT2D eigenvalue weighted by atomic mass is 9.87. The Bertz CT molecular complexity index is 1030. The maximum Gasteiger partial charge on any atom is 0.334 e. The molecule has 2 aromatic rings. The fourth-order valence-corrected chi connectivity index (χ4v) is 3.97. The Morgan fingerprint density at radius 2 is 1.58 bits per heavy atom. The van der Waals surface area contributed by atoms with Crippen LogP contribution >= 0.6 is 0 Å². The lowest BCUT2D eigenvalue weighted by Crippen LogP contribution is -2.08. The zero-order valence-corrected chi connectivity index (χ0v) is 18.1. The molecule has 2 heterocycles. The minimum atomic E-state index is -0.572. The molecule has 0 aromatic heterocycles. The Morgan fingerprint density at radius 3 is 2.10 bits per heavy atom. The van der Waals surface area contributed by atoms with Crippen LogP contribution in [0.5, 0.6) is 34.5 Å². The zero-order chi connectivity index (χ0) is 22.3. The van der Waals surface area contributed by atoms with E-state index in [2.05, 4.69) is 6.58 Å². The topological polar surface area (TPSA) is 81.7 Å². The predicted octanol–water partition coefficient (Wildman–Crippen LogP) is 3.91. The molecule has 0 N–H and O–H groups in total. The van der Waals surface area contributed by atoms with Gasteiger partial charge in [-0.25, -0.2) is 4.79 Å². The molecule has 2 aliphatic rings. The number of esters is 1. The molecule has 0 spiro atoms. The van der Waals surface area contributed by atoms with E-state index in [9.17, 15) is 4.79 Å². The van der Waals surface area contributed by atoms with E-state index >= 15 is 0 Å². The minimum Gasteiger partial charge on any atom is -0.493 e. The van der Waals surface area contributed by atoms with Crippen LogP contribution in [0, 0.1) is 5.92 Å². The van der Waals surface area contributed by atoms with Crippen LogP contribution in [0.2, 0.25) is 0 Å². The summed E-state index contributed by atoms with van der Waals surface area (Å²) in [6.45, 7) is 5.83. The van der Waals surface area contributed by atoms with E-state index in [0.29, 0.717) is 56.8 Å². The lowest BCUT2D eigenvalue weighted by molar-refractivity contribution is -0.139. The molecule has 2 aromatic carbocycles. The highest BCUT2D eigenvalue weighted by Gasteiger charge is 2.40. The summed E-state index contributed by atoms with van der Waals surface area (Å²) in [5.41, 5.74) is 2.50. The van der Waals surface area contributed by atoms with Crippen molar-refractivity contribution >= 4 is 5.97 Å². The van der Waals surface area contributed by atoms with Crippen LogP contribution in [0.3, 0.4) is 0 Å². The second kappa shape index (κ2) is 7.94. The van der Waals surface area contributed by atoms with Gasteiger partial charge in [-0.2, -0.15) is 0 Å². The van der Waals surface area contributed by atoms with Gasteiger partial charge < -0.3 is 33.2 Å². The number of cyclic esters (lactones) is 1. The summed E-state index contributed by atoms with van der Waals surface area (Å²) in [5, 5.41) is 0. The third-order valence-corrected chi connectivity index (χ3v) is 5.61. The number of benzene rings is 2. The van der Waals surface area contributed by atoms with Crippen molar-refractivity contribution in [3.63, 3.8) is 0 Å². The van der Waals surface area contributed by atoms with Gasteiger partial charge in [-0.05, 0) is 23.8 Å². The summed E-state index contributed by atoms with van der Waals surface area (Å²) in [6.07, 6.45) is -0.572. The summed E-state index contributed by atoms with van der Waals surface area (Å²) in [4.78, 5) is 12.2. The third kappa shape index (κ3) is 3.19. The van der Waals surface area contributed by atoms with Gasteiger partial charge in [0.25, 0.3) is 0 Å². The number of methoxy groups -OCH3 is 4. The molecule has 31 heavy (non-hydrogen) atoms. The molecule has 8 heteroatoms. The average Bonchev–Trinajstić information content (AvgIpc) is 3.36. The van der Waals surface area contributed by atoms with Gasteiger partial charge in [0, 0.05) is 22.6 Å². The van der Waals surface area contributed by atoms with Crippen LogP contribution in [0.1, 0.15) is 18.6 Å². The molecule has 1 saturated heterocycles. The van der Waals surface area contributed by atoms with Crippen LogP contribution in [0.15, 0.2) is 30.4 Å². The Hall–Kier alpha value is -3.55. The van der Waals surface area contributed by atoms with E-state index in [1.807, 2.05) is 13.0 Å². The second-order valence-corrected chi connectivity index (χ2v) is 7.16. The SMILES string of the molecule is C=C1C(=O)O[C@H](c2cc3c(c(OC)c2-c2cc(OC)c(OC)c(OC)c2)OCO3)[C@H]1C. The molecule has 4 rings (SSSR count). The van der Waals surface area contributed by atoms with E-state index < -0.39 is 12.1 Å². The standard InChI is InChI=1S/C23H24O8/c1-11-12(2)23(24)31-19(11)14-9-17-21(30-10-29-17)22(28-6)18(14)13-7-15(25-3)20(27-5)16(8-13)26-4/h7-9,11,19H,2,10H2,1,3-6H3/t11-,19-/m0/s1. The Morgan fingerprint density at radius 1 is 0.935 bits per heavy atom. The van der Waals surface area contributed by atoms with Gasteiger partial charge in [0.1, 0.15) is 6.10 Å². The van der Waals surface area contributed by atoms with Crippen molar-refractivity contribution in [2.75, 3.05) is 35.2 Å². The summed E-state index contributed by atoms with van der Waals surface area (Å²) in [5.74, 6) is 2.20. The molecule has 0 amide bonds. The van der Waals surface area contributed by atoms with Gasteiger partial charge in [-0.3, -0.25) is 0 Å². The highest BCUT2D eigenvalue weighted by molar-refractivity contribution is 5.92. The molecular weight excluding hydrogens is 404 g/mol. The van der Waals surface area contributed by atoms with Gasteiger partial charge in [0.05, 0.1) is 28.4 Å². The number of carbonyl (C=O) groups excluding carboxylic acids is 1. The largest absolute Gasteiger partial charge is 0.493 e. The molecular formula is C23H24O8. The first-order valence-electron chi connectivity index (χ1n) is 9.65. The normalized spacial score (nSPS) is 19.3. The Labute approximate surface area is 180 Å². The van der Waals surface area contributed by atoms with Crippen molar-refractivity contribution in [2.45, 2.75) is 13.0 Å². The van der Waals surface area contributed by atoms with Crippen molar-refractivity contribution in [1.82, 2.24) is 0 Å². The third-order valence-electron chi connectivity index (χ3n) is 5.61. The van der Waals surface area contributed by atoms with Crippen LogP contribution in [0.25, 0.3) is 11.1 Å². The first kappa shape index (κ1) is 20.7. The predicted molar refractivity (Wildman–Crippen MR) is 111 cm³/mol. The second-order valence-electron chi connectivity index (χ2n) is 7.16. The summed E-state index contributed by atoms with van der Waals surface area (Å²) >= 11 is 0. The van der Waals surface area contributed by atoms with E-state index in [4.69, 9.17) is 33.2 Å². The van der Waals surface area contributed by atoms with Gasteiger partial charge >= 0.3 is 5.97 Å². The van der Waals surface area contributed by atoms with E-state index in [0.717, 1.165) is 0 Å². The number of ether oxygens (including phenoxy) is 7. The Balaban J connectivity index is 2.02. The summed E-state index contributed by atoms with van der Waals surface area (Å²) in [7, 11) is 6.18. The molecule has 164 valence electrons. The highest BCUT2D eigenvalue weighted by Crippen LogP contribution is 2.55. The molecule has 0 bridgehead atoms. The van der Waals surface area contributed by atoms with Crippen LogP contribution in [0.4, 0.5) is 0 Å². The molecule has 8 nitrogen and oxygen atoms in total. The number of hydrogen-bond acceptors (Lipinski definition) is 8. The monoisotopic (exact) mass is 428 g/mol. The van der Waals surface area contributed by atoms with Crippen LogP contribution in [-0.4, -0.2) is 41.2 Å². The lowest BCUT2D eigenvalue weighted by Gasteiger charge is -2.23. The van der Waals surface area contributed by atoms with Crippen molar-refractivity contribution in [2.24, 2.45) is 5.92 Å². The van der Waals surface area contributed by atoms with Gasteiger partial charge in [-0.1, -0.05) is 13.5 Å². The van der Waals surface area contributed by atoms with E-state index in [1.54, 1.807) is 33.5 Å². The quantitative estimate of drug-likeness (QED) is 0.506. The van der Waals surface area contributed by atoms with Gasteiger partial charge in [-0.15, -0.1) is 0 Å². The van der Waals surface area contributed by atoms with E-state index in [1.165, 1.54) is 7.11 Å². The van der Waals surface area contributed by atoms with Crippen LogP contribution < -0.4 is 28.4 Å². The maximum absolute atomic E-state index is 12.2. The first-order chi connectivity index (χ1) is 14.9. The van der Waals surface area contributed by atoms with E-state index in [-0.39, 0.29) is 12.7 Å². The Kier molecular flexibility index (Phi) is 5.31. The number of rotatable bonds is 6. The fourth-order valence-electron chi connectivity index (χ4n) is 3.97. The fraction of sp³-hybridized carbons (Fsp3) is 0.348. The molecule has 0 aliphatic carbocycles. The summed E-state index contributed by atoms with van der Waals surface area (Å²) < 4.78 is 39.2. The number of hydrogen-bond donors (Lipinski definition) is 0. The van der Waals surface area contributed by atoms with Crippen molar-refractivity contribution in [1.29, 1.82) is 0 Å². The minimum absolute atomic E-state index is 0.0660. The molecule has 0 unspecified atom stereocenters. The molecule has 1 fully saturated rings. The molecule has 0 saturated carbocycles. The van der Waals surface area contributed by atoms with Crippen molar-refractivity contribution in [3.8, 4) is 45.6 Å². The molecule has 2 atom stereocenters.